The summed E-state index contributed by atoms with van der Waals surface area (Å²) in [5, 5.41) is 4.85. The van der Waals surface area contributed by atoms with Crippen molar-refractivity contribution in [1.29, 1.82) is 0 Å². The van der Waals surface area contributed by atoms with Gasteiger partial charge in [0.15, 0.2) is 11.5 Å². The summed E-state index contributed by atoms with van der Waals surface area (Å²) in [6.45, 7) is 2.36. The second-order valence-corrected chi connectivity index (χ2v) is 9.65. The van der Waals surface area contributed by atoms with Crippen LogP contribution in [0.4, 0.5) is 10.5 Å². The average Bonchev–Trinajstić information content (AvgIpc) is 2.92. The van der Waals surface area contributed by atoms with Crippen molar-refractivity contribution >= 4 is 63.6 Å². The molecule has 4 aromatic carbocycles. The van der Waals surface area contributed by atoms with Crippen LogP contribution in [-0.4, -0.2) is 25.0 Å². The summed E-state index contributed by atoms with van der Waals surface area (Å²) in [7, 11) is 1.51. The fourth-order valence-corrected chi connectivity index (χ4v) is 4.65. The summed E-state index contributed by atoms with van der Waals surface area (Å²) in [4.78, 5) is 39.1. The molecule has 1 saturated heterocycles. The number of hydrogen-bond acceptors (Lipinski definition) is 5. The number of aryl methyl sites for hydroxylation is 1. The lowest BCUT2D eigenvalue weighted by atomic mass is 10.0. The molecule has 0 saturated carbocycles. The number of fused-ring (bicyclic) bond motifs is 1. The van der Waals surface area contributed by atoms with E-state index >= 15 is 0 Å². The highest BCUT2D eigenvalue weighted by molar-refractivity contribution is 6.43. The minimum absolute atomic E-state index is 0.163. The Labute approximate surface area is 234 Å². The number of ether oxygens (including phenoxy) is 2. The lowest BCUT2D eigenvalue weighted by Gasteiger charge is -2.26. The number of carbonyl (C=O) groups is 3. The highest BCUT2D eigenvalue weighted by Crippen LogP contribution is 2.33. The van der Waals surface area contributed by atoms with Crippen molar-refractivity contribution in [3.8, 4) is 11.5 Å². The first-order valence-corrected chi connectivity index (χ1v) is 12.7. The Morgan fingerprint density at radius 3 is 2.46 bits per heavy atom. The van der Waals surface area contributed by atoms with Gasteiger partial charge in [-0.1, -0.05) is 65.7 Å². The van der Waals surface area contributed by atoms with E-state index in [0.717, 1.165) is 26.8 Å². The fourth-order valence-electron chi connectivity index (χ4n) is 4.36. The number of nitrogens with one attached hydrogen (secondary N) is 1. The van der Waals surface area contributed by atoms with E-state index < -0.39 is 17.8 Å². The van der Waals surface area contributed by atoms with Crippen LogP contribution in [0.15, 0.2) is 78.4 Å². The first-order chi connectivity index (χ1) is 18.8. The predicted molar refractivity (Wildman–Crippen MR) is 151 cm³/mol. The van der Waals surface area contributed by atoms with E-state index in [2.05, 4.69) is 29.6 Å². The molecule has 1 fully saturated rings. The number of hydrogen-bond donors (Lipinski definition) is 1. The molecule has 1 aliphatic heterocycles. The molecule has 4 aromatic rings. The van der Waals surface area contributed by atoms with Crippen molar-refractivity contribution in [2.75, 3.05) is 12.0 Å². The Balaban J connectivity index is 1.42. The van der Waals surface area contributed by atoms with Gasteiger partial charge in [0.1, 0.15) is 12.2 Å². The molecule has 7 nitrogen and oxygen atoms in total. The lowest BCUT2D eigenvalue weighted by molar-refractivity contribution is -0.122. The zero-order valence-electron chi connectivity index (χ0n) is 21.0. The summed E-state index contributed by atoms with van der Waals surface area (Å²) < 4.78 is 11.7. The Morgan fingerprint density at radius 2 is 1.69 bits per heavy atom. The van der Waals surface area contributed by atoms with Crippen LogP contribution in [0.1, 0.15) is 16.7 Å². The topological polar surface area (TPSA) is 84.9 Å². The van der Waals surface area contributed by atoms with E-state index in [1.807, 2.05) is 19.1 Å². The number of rotatable bonds is 6. The molecular weight excluding hydrogens is 539 g/mol. The van der Waals surface area contributed by atoms with Gasteiger partial charge in [0.25, 0.3) is 11.8 Å². The number of barbiturate groups is 1. The number of carbonyl (C=O) groups excluding carboxylic acids is 3. The standard InChI is InChI=1S/C30H22Cl2N2O5/c1-17-7-9-19-5-3-4-6-21(19)23(17)16-39-26-12-8-18(14-27(26)38-2)13-22-28(35)33-30(37)34(29(22)36)20-10-11-24(31)25(32)15-20/h3-15H,16H2,1-2H3,(H,33,35,37)/b22-13+. The molecule has 9 heteroatoms. The number of imide groups is 2. The second-order valence-electron chi connectivity index (χ2n) is 8.84. The van der Waals surface area contributed by atoms with Gasteiger partial charge in [0, 0.05) is 5.56 Å². The molecule has 1 heterocycles. The molecule has 39 heavy (non-hydrogen) atoms. The minimum Gasteiger partial charge on any atom is -0.493 e. The van der Waals surface area contributed by atoms with Crippen molar-refractivity contribution in [3.63, 3.8) is 0 Å². The summed E-state index contributed by atoms with van der Waals surface area (Å²) in [6, 6.07) is 20.7. The van der Waals surface area contributed by atoms with E-state index in [1.54, 1.807) is 18.2 Å². The quantitative estimate of drug-likeness (QED) is 0.209. The number of halogens is 2. The van der Waals surface area contributed by atoms with Gasteiger partial charge in [0.2, 0.25) is 0 Å². The first kappa shape index (κ1) is 26.3. The van der Waals surface area contributed by atoms with Gasteiger partial charge < -0.3 is 9.47 Å². The molecule has 196 valence electrons. The SMILES string of the molecule is COc1cc(/C=C2\C(=O)NC(=O)N(c3ccc(Cl)c(Cl)c3)C2=O)ccc1OCc1c(C)ccc2ccccc12. The number of anilines is 1. The van der Waals surface area contributed by atoms with Crippen LogP contribution in [0.25, 0.3) is 16.8 Å². The van der Waals surface area contributed by atoms with Gasteiger partial charge in [-0.15, -0.1) is 0 Å². The Kier molecular flexibility index (Phi) is 7.28. The highest BCUT2D eigenvalue weighted by Gasteiger charge is 2.37. The van der Waals surface area contributed by atoms with Gasteiger partial charge in [-0.2, -0.15) is 0 Å². The van der Waals surface area contributed by atoms with Crippen LogP contribution in [0.3, 0.4) is 0 Å². The molecule has 0 radical (unpaired) electrons. The molecule has 4 amide bonds. The monoisotopic (exact) mass is 560 g/mol. The summed E-state index contributed by atoms with van der Waals surface area (Å²) >= 11 is 12.0. The Hall–Kier alpha value is -4.33. The van der Waals surface area contributed by atoms with Crippen molar-refractivity contribution < 1.29 is 23.9 Å². The van der Waals surface area contributed by atoms with E-state index in [1.165, 1.54) is 31.4 Å². The molecule has 0 bridgehead atoms. The zero-order valence-corrected chi connectivity index (χ0v) is 22.5. The highest BCUT2D eigenvalue weighted by atomic mass is 35.5. The third-order valence-corrected chi connectivity index (χ3v) is 7.15. The summed E-state index contributed by atoms with van der Waals surface area (Å²) in [5.41, 5.74) is 2.62. The molecule has 0 unspecified atom stereocenters. The van der Waals surface area contributed by atoms with Crippen molar-refractivity contribution in [2.45, 2.75) is 13.5 Å². The largest absolute Gasteiger partial charge is 0.493 e. The molecule has 1 aliphatic rings. The number of amides is 4. The molecule has 0 aromatic heterocycles. The van der Waals surface area contributed by atoms with Crippen molar-refractivity contribution in [3.05, 3.63) is 105 Å². The van der Waals surface area contributed by atoms with Crippen molar-refractivity contribution in [2.24, 2.45) is 0 Å². The van der Waals surface area contributed by atoms with E-state index in [-0.39, 0.29) is 21.3 Å². The molecular formula is C30H22Cl2N2O5. The van der Waals surface area contributed by atoms with Gasteiger partial charge in [-0.05, 0) is 65.2 Å². The van der Waals surface area contributed by atoms with Crippen LogP contribution < -0.4 is 19.7 Å². The van der Waals surface area contributed by atoms with Gasteiger partial charge in [0.05, 0.1) is 22.8 Å². The Morgan fingerprint density at radius 1 is 0.897 bits per heavy atom. The van der Waals surface area contributed by atoms with Crippen molar-refractivity contribution in [1.82, 2.24) is 5.32 Å². The van der Waals surface area contributed by atoms with Gasteiger partial charge in [-0.3, -0.25) is 14.9 Å². The molecule has 5 rings (SSSR count). The number of nitrogens with zero attached hydrogens (tertiary/aromatic N) is 1. The Bertz CT molecular complexity index is 1680. The molecule has 1 N–H and O–H groups in total. The summed E-state index contributed by atoms with van der Waals surface area (Å²) in [5.74, 6) is -0.692. The van der Waals surface area contributed by atoms with Crippen LogP contribution in [0.2, 0.25) is 10.0 Å². The smallest absolute Gasteiger partial charge is 0.335 e. The van der Waals surface area contributed by atoms with E-state index in [0.29, 0.717) is 23.7 Å². The van der Waals surface area contributed by atoms with Gasteiger partial charge in [-0.25, -0.2) is 9.69 Å². The third kappa shape index (κ3) is 5.19. The second kappa shape index (κ2) is 10.8. The van der Waals surface area contributed by atoms with E-state index in [4.69, 9.17) is 32.7 Å². The molecule has 0 atom stereocenters. The van der Waals surface area contributed by atoms with Crippen LogP contribution >= 0.6 is 23.2 Å². The van der Waals surface area contributed by atoms with Crippen LogP contribution in [-0.2, 0) is 16.2 Å². The average molecular weight is 561 g/mol. The number of benzene rings is 4. The predicted octanol–water partition coefficient (Wildman–Crippen LogP) is 6.71. The molecule has 0 aliphatic carbocycles. The first-order valence-electron chi connectivity index (χ1n) is 11.9. The number of methoxy groups -OCH3 is 1. The molecule has 0 spiro atoms. The number of urea groups is 1. The normalized spacial score (nSPS) is 14.6. The fraction of sp³-hybridized carbons (Fsp3) is 0.100. The van der Waals surface area contributed by atoms with E-state index in [9.17, 15) is 14.4 Å². The maximum absolute atomic E-state index is 13.2. The maximum atomic E-state index is 13.2. The zero-order chi connectivity index (χ0) is 27.7. The third-order valence-electron chi connectivity index (χ3n) is 6.41. The van der Waals surface area contributed by atoms with Gasteiger partial charge >= 0.3 is 6.03 Å². The van der Waals surface area contributed by atoms with Crippen LogP contribution in [0.5, 0.6) is 11.5 Å². The minimum atomic E-state index is -0.884. The maximum Gasteiger partial charge on any atom is 0.335 e. The van der Waals surface area contributed by atoms with Crippen LogP contribution in [0, 0.1) is 6.92 Å². The summed E-state index contributed by atoms with van der Waals surface area (Å²) in [6.07, 6.45) is 1.38. The lowest BCUT2D eigenvalue weighted by Crippen LogP contribution is -2.54.